The van der Waals surface area contributed by atoms with Crippen LogP contribution in [0, 0.1) is 0 Å². The minimum Gasteiger partial charge on any atom is -0.482 e. The number of benzene rings is 2. The van der Waals surface area contributed by atoms with Gasteiger partial charge in [-0.1, -0.05) is 41.4 Å². The minimum absolute atomic E-state index is 0.00660. The number of carbonyl (C=O) groups is 1. The van der Waals surface area contributed by atoms with Gasteiger partial charge in [-0.3, -0.25) is 4.79 Å². The molecule has 0 saturated carbocycles. The molecule has 2 aromatic rings. The van der Waals surface area contributed by atoms with Gasteiger partial charge in [-0.2, -0.15) is 0 Å². The molecule has 0 unspecified atom stereocenters. The summed E-state index contributed by atoms with van der Waals surface area (Å²) < 4.78 is 31.0. The normalized spacial score (nSPS) is 11.0. The van der Waals surface area contributed by atoms with Crippen molar-refractivity contribution < 1.29 is 17.9 Å². The van der Waals surface area contributed by atoms with Crippen molar-refractivity contribution in [1.29, 1.82) is 0 Å². The molecule has 0 atom stereocenters. The van der Waals surface area contributed by atoms with E-state index in [0.29, 0.717) is 5.02 Å². The van der Waals surface area contributed by atoms with E-state index in [1.165, 1.54) is 24.3 Å². The number of ether oxygens (including phenoxy) is 1. The van der Waals surface area contributed by atoms with Gasteiger partial charge in [0.1, 0.15) is 5.75 Å². The Morgan fingerprint density at radius 2 is 1.77 bits per heavy atom. The van der Waals surface area contributed by atoms with E-state index in [0.717, 1.165) is 0 Å². The second-order valence-corrected chi connectivity index (χ2v) is 6.73. The number of hydrogen-bond acceptors (Lipinski definition) is 4. The van der Waals surface area contributed by atoms with Gasteiger partial charge in [0.15, 0.2) is 6.61 Å². The maximum atomic E-state index is 11.9. The van der Waals surface area contributed by atoms with Crippen molar-refractivity contribution in [2.45, 2.75) is 4.90 Å². The summed E-state index contributed by atoms with van der Waals surface area (Å²) in [6, 6.07) is 12.0. The molecule has 0 aromatic heterocycles. The molecule has 8 heteroatoms. The lowest BCUT2D eigenvalue weighted by molar-refractivity contribution is -0.121. The fourth-order valence-electron chi connectivity index (χ4n) is 1.57. The van der Waals surface area contributed by atoms with Gasteiger partial charge in [0.25, 0.3) is 15.9 Å². The van der Waals surface area contributed by atoms with Gasteiger partial charge < -0.3 is 4.74 Å². The van der Waals surface area contributed by atoms with Crippen LogP contribution in [0.4, 0.5) is 0 Å². The van der Waals surface area contributed by atoms with Gasteiger partial charge in [-0.05, 0) is 30.3 Å². The van der Waals surface area contributed by atoms with Crippen molar-refractivity contribution >= 4 is 39.1 Å². The first-order valence-corrected chi connectivity index (χ1v) is 8.31. The minimum atomic E-state index is -3.91. The van der Waals surface area contributed by atoms with Gasteiger partial charge in [-0.25, -0.2) is 13.1 Å². The van der Waals surface area contributed by atoms with Crippen LogP contribution in [0.3, 0.4) is 0 Å². The molecule has 0 radical (unpaired) electrons. The van der Waals surface area contributed by atoms with Gasteiger partial charge in [0, 0.05) is 5.02 Å². The Hall–Kier alpha value is -1.76. The zero-order valence-electron chi connectivity index (χ0n) is 11.1. The van der Waals surface area contributed by atoms with Crippen LogP contribution in [-0.2, 0) is 14.8 Å². The first-order chi connectivity index (χ1) is 10.4. The van der Waals surface area contributed by atoms with E-state index >= 15 is 0 Å². The van der Waals surface area contributed by atoms with Crippen LogP contribution < -0.4 is 9.46 Å². The lowest BCUT2D eigenvalue weighted by Gasteiger charge is -2.09. The van der Waals surface area contributed by atoms with Crippen LogP contribution >= 0.6 is 23.2 Å². The highest BCUT2D eigenvalue weighted by atomic mass is 35.5. The predicted octanol–water partition coefficient (Wildman–Crippen LogP) is 2.88. The zero-order valence-corrected chi connectivity index (χ0v) is 13.5. The van der Waals surface area contributed by atoms with Crippen molar-refractivity contribution in [3.63, 3.8) is 0 Å². The molecule has 0 bridgehead atoms. The summed E-state index contributed by atoms with van der Waals surface area (Å²) in [5, 5.41) is 0.652. The Kier molecular flexibility index (Phi) is 5.28. The van der Waals surface area contributed by atoms with Gasteiger partial charge in [0.2, 0.25) is 0 Å². The van der Waals surface area contributed by atoms with E-state index in [4.69, 9.17) is 27.9 Å². The fraction of sp³-hybridized carbons (Fsp3) is 0.0714. The van der Waals surface area contributed by atoms with Crippen LogP contribution in [0.1, 0.15) is 0 Å². The molecule has 0 aliphatic heterocycles. The molecule has 22 heavy (non-hydrogen) atoms. The molecule has 2 rings (SSSR count). The first-order valence-electron chi connectivity index (χ1n) is 6.07. The highest BCUT2D eigenvalue weighted by molar-refractivity contribution is 7.90. The maximum absolute atomic E-state index is 11.9. The summed E-state index contributed by atoms with van der Waals surface area (Å²) in [5.74, 6) is -0.576. The molecule has 0 heterocycles. The lowest BCUT2D eigenvalue weighted by Crippen LogP contribution is -2.34. The summed E-state index contributed by atoms with van der Waals surface area (Å²) in [6.07, 6.45) is 0. The summed E-state index contributed by atoms with van der Waals surface area (Å²) in [5.41, 5.74) is 0. The number of hydrogen-bond donors (Lipinski definition) is 1. The summed E-state index contributed by atoms with van der Waals surface area (Å²) in [7, 11) is -3.91. The van der Waals surface area contributed by atoms with E-state index in [9.17, 15) is 13.2 Å². The SMILES string of the molecule is O=C(COc1ccc(Cl)cc1Cl)NS(=O)(=O)c1ccccc1. The smallest absolute Gasteiger partial charge is 0.271 e. The highest BCUT2D eigenvalue weighted by Crippen LogP contribution is 2.27. The Morgan fingerprint density at radius 1 is 1.09 bits per heavy atom. The monoisotopic (exact) mass is 359 g/mol. The van der Waals surface area contributed by atoms with Crippen LogP contribution in [-0.4, -0.2) is 20.9 Å². The zero-order chi connectivity index (χ0) is 16.2. The third kappa shape index (κ3) is 4.37. The fourth-order valence-corrected chi connectivity index (χ4v) is 3.03. The number of sulfonamides is 1. The summed E-state index contributed by atoms with van der Waals surface area (Å²) in [4.78, 5) is 11.7. The van der Waals surface area contributed by atoms with E-state index < -0.39 is 22.5 Å². The van der Waals surface area contributed by atoms with Gasteiger partial charge in [-0.15, -0.1) is 0 Å². The summed E-state index contributed by atoms with van der Waals surface area (Å²) >= 11 is 11.6. The molecule has 1 N–H and O–H groups in total. The first kappa shape index (κ1) is 16.6. The predicted molar refractivity (Wildman–Crippen MR) is 83.7 cm³/mol. The highest BCUT2D eigenvalue weighted by Gasteiger charge is 2.17. The molecule has 5 nitrogen and oxygen atoms in total. The Balaban J connectivity index is 1.99. The average Bonchev–Trinajstić information content (AvgIpc) is 2.47. The molecular weight excluding hydrogens is 349 g/mol. The number of nitrogens with one attached hydrogen (secondary N) is 1. The molecule has 0 spiro atoms. The molecule has 0 aliphatic rings. The van der Waals surface area contributed by atoms with Crippen molar-refractivity contribution in [3.8, 4) is 5.75 Å². The van der Waals surface area contributed by atoms with E-state index in [2.05, 4.69) is 0 Å². The molecule has 116 valence electrons. The van der Waals surface area contributed by atoms with E-state index in [1.807, 2.05) is 4.72 Å². The van der Waals surface area contributed by atoms with Crippen LogP contribution in [0.15, 0.2) is 53.4 Å². The largest absolute Gasteiger partial charge is 0.482 e. The molecule has 0 saturated heterocycles. The second-order valence-electron chi connectivity index (χ2n) is 4.21. The molecule has 2 aromatic carbocycles. The third-order valence-corrected chi connectivity index (χ3v) is 4.47. The molecule has 0 aliphatic carbocycles. The second kappa shape index (κ2) is 7.00. The van der Waals surface area contributed by atoms with Gasteiger partial charge in [0.05, 0.1) is 9.92 Å². The number of rotatable bonds is 5. The lowest BCUT2D eigenvalue weighted by atomic mass is 10.3. The number of halogens is 2. The van der Waals surface area contributed by atoms with Crippen molar-refractivity contribution in [3.05, 3.63) is 58.6 Å². The Labute approximate surface area is 137 Å². The van der Waals surface area contributed by atoms with Crippen molar-refractivity contribution in [2.75, 3.05) is 6.61 Å². The van der Waals surface area contributed by atoms with Crippen molar-refractivity contribution in [1.82, 2.24) is 4.72 Å². The summed E-state index contributed by atoms with van der Waals surface area (Å²) in [6.45, 7) is -0.493. The topological polar surface area (TPSA) is 72.5 Å². The molecule has 0 fully saturated rings. The Bertz CT molecular complexity index is 779. The van der Waals surface area contributed by atoms with E-state index in [1.54, 1.807) is 24.3 Å². The van der Waals surface area contributed by atoms with Crippen molar-refractivity contribution in [2.24, 2.45) is 0 Å². The van der Waals surface area contributed by atoms with Gasteiger partial charge >= 0.3 is 0 Å². The molecule has 1 amide bonds. The Morgan fingerprint density at radius 3 is 2.41 bits per heavy atom. The number of carbonyl (C=O) groups excluding carboxylic acids is 1. The quantitative estimate of drug-likeness (QED) is 0.890. The van der Waals surface area contributed by atoms with Crippen LogP contribution in [0.5, 0.6) is 5.75 Å². The molecular formula is C14H11Cl2NO4S. The van der Waals surface area contributed by atoms with E-state index in [-0.39, 0.29) is 15.7 Å². The standard InChI is InChI=1S/C14H11Cl2NO4S/c15-10-6-7-13(12(16)8-10)21-9-14(18)17-22(19,20)11-4-2-1-3-5-11/h1-8H,9H2,(H,17,18). The third-order valence-electron chi connectivity index (χ3n) is 2.55. The average molecular weight is 360 g/mol. The van der Waals surface area contributed by atoms with Crippen LogP contribution in [0.2, 0.25) is 10.0 Å². The van der Waals surface area contributed by atoms with Crippen LogP contribution in [0.25, 0.3) is 0 Å². The number of amides is 1. The maximum Gasteiger partial charge on any atom is 0.271 e.